The normalized spacial score (nSPS) is 25.2. The van der Waals surface area contributed by atoms with Crippen molar-refractivity contribution in [3.05, 3.63) is 29.8 Å². The number of amides is 1. The first kappa shape index (κ1) is 15.5. The van der Waals surface area contributed by atoms with E-state index in [-0.39, 0.29) is 5.91 Å². The van der Waals surface area contributed by atoms with Crippen molar-refractivity contribution < 1.29 is 4.79 Å². The molecule has 1 aromatic rings. The Morgan fingerprint density at radius 2 is 2.09 bits per heavy atom. The quantitative estimate of drug-likeness (QED) is 0.897. The largest absolute Gasteiger partial charge is 0.325 e. The van der Waals surface area contributed by atoms with Crippen LogP contribution in [0, 0.1) is 11.8 Å². The van der Waals surface area contributed by atoms with Gasteiger partial charge in [0, 0.05) is 12.2 Å². The second kappa shape index (κ2) is 6.80. The van der Waals surface area contributed by atoms with Crippen molar-refractivity contribution >= 4 is 11.6 Å². The summed E-state index contributed by atoms with van der Waals surface area (Å²) >= 11 is 0. The summed E-state index contributed by atoms with van der Waals surface area (Å²) in [6.45, 7) is 9.19. The van der Waals surface area contributed by atoms with Crippen LogP contribution in [0.4, 0.5) is 5.69 Å². The zero-order valence-corrected chi connectivity index (χ0v) is 13.6. The van der Waals surface area contributed by atoms with Crippen LogP contribution in [0.5, 0.6) is 0 Å². The molecule has 2 saturated heterocycles. The lowest BCUT2D eigenvalue weighted by molar-refractivity contribution is -0.117. The van der Waals surface area contributed by atoms with Crippen LogP contribution in [0.25, 0.3) is 0 Å². The Labute approximate surface area is 133 Å². The molecule has 1 amide bonds. The highest BCUT2D eigenvalue weighted by molar-refractivity contribution is 5.93. The van der Waals surface area contributed by atoms with Gasteiger partial charge in [-0.25, -0.2) is 0 Å². The van der Waals surface area contributed by atoms with Crippen molar-refractivity contribution in [1.29, 1.82) is 0 Å². The van der Waals surface area contributed by atoms with E-state index in [1.807, 2.05) is 18.2 Å². The number of hydrogen-bond donors (Lipinski definition) is 2. The molecule has 0 bridgehead atoms. The van der Waals surface area contributed by atoms with Crippen molar-refractivity contribution in [3.63, 3.8) is 0 Å². The molecule has 2 fully saturated rings. The highest BCUT2D eigenvalue weighted by Gasteiger charge is 2.33. The number of carbonyl (C=O) groups is 1. The Morgan fingerprint density at radius 1 is 1.32 bits per heavy atom. The molecule has 0 spiro atoms. The number of anilines is 1. The smallest absolute Gasteiger partial charge is 0.238 e. The number of nitrogens with zero attached hydrogens (tertiary/aromatic N) is 1. The van der Waals surface area contributed by atoms with E-state index >= 15 is 0 Å². The number of likely N-dealkylation sites (tertiary alicyclic amines) is 1. The summed E-state index contributed by atoms with van der Waals surface area (Å²) in [5, 5.41) is 6.57. The average Bonchev–Trinajstić information content (AvgIpc) is 2.95. The highest BCUT2D eigenvalue weighted by atomic mass is 16.2. The molecule has 2 heterocycles. The number of fused-ring (bicyclic) bond motifs is 1. The third kappa shape index (κ3) is 3.50. The number of rotatable bonds is 4. The molecule has 1 aromatic carbocycles. The zero-order chi connectivity index (χ0) is 15.5. The summed E-state index contributed by atoms with van der Waals surface area (Å²) in [6, 6.07) is 8.11. The Balaban J connectivity index is 1.57. The second-order valence-electron chi connectivity index (χ2n) is 6.99. The van der Waals surface area contributed by atoms with Crippen molar-refractivity contribution in [1.82, 2.24) is 10.2 Å². The lowest BCUT2D eigenvalue weighted by Gasteiger charge is -2.33. The third-order valence-corrected chi connectivity index (χ3v) is 5.01. The van der Waals surface area contributed by atoms with Crippen LogP contribution in [0.1, 0.15) is 31.7 Å². The predicted octanol–water partition coefficient (Wildman–Crippen LogP) is 2.29. The van der Waals surface area contributed by atoms with Gasteiger partial charge in [0.25, 0.3) is 0 Å². The molecule has 2 aliphatic heterocycles. The molecular formula is C18H27N3O. The van der Waals surface area contributed by atoms with Gasteiger partial charge in [-0.15, -0.1) is 0 Å². The van der Waals surface area contributed by atoms with Crippen LogP contribution >= 0.6 is 0 Å². The minimum Gasteiger partial charge on any atom is -0.325 e. The molecule has 120 valence electrons. The molecule has 4 nitrogen and oxygen atoms in total. The van der Waals surface area contributed by atoms with E-state index in [1.165, 1.54) is 12.0 Å². The van der Waals surface area contributed by atoms with Gasteiger partial charge in [0.1, 0.15) is 0 Å². The highest BCUT2D eigenvalue weighted by Crippen LogP contribution is 2.27. The molecule has 2 aliphatic rings. The standard InChI is InChI=1S/C18H27N3O/c1-13(2)16-5-3-4-6-17(16)20-18(22)12-21-8-7-14-9-19-10-15(14)11-21/h3-6,13-15,19H,7-12H2,1-2H3,(H,20,22). The first-order valence-corrected chi connectivity index (χ1v) is 8.45. The molecule has 2 N–H and O–H groups in total. The lowest BCUT2D eigenvalue weighted by atomic mass is 9.89. The maximum absolute atomic E-state index is 12.4. The number of piperidine rings is 1. The van der Waals surface area contributed by atoms with Crippen LogP contribution in [0.2, 0.25) is 0 Å². The maximum atomic E-state index is 12.4. The molecule has 2 atom stereocenters. The summed E-state index contributed by atoms with van der Waals surface area (Å²) < 4.78 is 0. The van der Waals surface area contributed by atoms with Gasteiger partial charge in [-0.3, -0.25) is 9.69 Å². The summed E-state index contributed by atoms with van der Waals surface area (Å²) in [7, 11) is 0. The fourth-order valence-corrected chi connectivity index (χ4v) is 3.76. The predicted molar refractivity (Wildman–Crippen MR) is 90.1 cm³/mol. The SMILES string of the molecule is CC(C)c1ccccc1NC(=O)CN1CCC2CNCC2C1. The van der Waals surface area contributed by atoms with Gasteiger partial charge in [-0.05, 0) is 55.4 Å². The van der Waals surface area contributed by atoms with Gasteiger partial charge in [0.05, 0.1) is 6.54 Å². The number of hydrogen-bond acceptors (Lipinski definition) is 3. The fourth-order valence-electron chi connectivity index (χ4n) is 3.76. The van der Waals surface area contributed by atoms with E-state index in [2.05, 4.69) is 35.4 Å². The van der Waals surface area contributed by atoms with Gasteiger partial charge in [-0.1, -0.05) is 32.0 Å². The lowest BCUT2D eigenvalue weighted by Crippen LogP contribution is -2.43. The minimum absolute atomic E-state index is 0.109. The molecule has 0 radical (unpaired) electrons. The van der Waals surface area contributed by atoms with Crippen molar-refractivity contribution in [2.45, 2.75) is 26.2 Å². The summed E-state index contributed by atoms with van der Waals surface area (Å²) in [5.74, 6) is 2.07. The molecule has 0 aliphatic carbocycles. The van der Waals surface area contributed by atoms with E-state index in [9.17, 15) is 4.79 Å². The summed E-state index contributed by atoms with van der Waals surface area (Å²) in [6.07, 6.45) is 1.22. The van der Waals surface area contributed by atoms with E-state index in [1.54, 1.807) is 0 Å². The monoisotopic (exact) mass is 301 g/mol. The molecule has 2 unspecified atom stereocenters. The summed E-state index contributed by atoms with van der Waals surface area (Å²) in [4.78, 5) is 14.7. The molecule has 0 saturated carbocycles. The maximum Gasteiger partial charge on any atom is 0.238 e. The molecule has 4 heteroatoms. The first-order valence-electron chi connectivity index (χ1n) is 8.45. The second-order valence-corrected chi connectivity index (χ2v) is 6.99. The van der Waals surface area contributed by atoms with Gasteiger partial charge in [0.15, 0.2) is 0 Å². The number of benzene rings is 1. The van der Waals surface area contributed by atoms with Crippen molar-refractivity contribution in [2.24, 2.45) is 11.8 Å². The van der Waals surface area contributed by atoms with E-state index in [0.29, 0.717) is 12.5 Å². The van der Waals surface area contributed by atoms with Crippen LogP contribution in [0.3, 0.4) is 0 Å². The van der Waals surface area contributed by atoms with Gasteiger partial charge in [-0.2, -0.15) is 0 Å². The summed E-state index contributed by atoms with van der Waals surface area (Å²) in [5.41, 5.74) is 2.16. The Morgan fingerprint density at radius 3 is 2.91 bits per heavy atom. The van der Waals surface area contributed by atoms with Crippen LogP contribution in [0.15, 0.2) is 24.3 Å². The molecule has 0 aromatic heterocycles. The Hall–Kier alpha value is -1.39. The number of carbonyl (C=O) groups excluding carboxylic acids is 1. The van der Waals surface area contributed by atoms with Gasteiger partial charge >= 0.3 is 0 Å². The molecule has 22 heavy (non-hydrogen) atoms. The first-order chi connectivity index (χ1) is 10.6. The molecule has 3 rings (SSSR count). The van der Waals surface area contributed by atoms with E-state index < -0.39 is 0 Å². The van der Waals surface area contributed by atoms with Crippen molar-refractivity contribution in [3.8, 4) is 0 Å². The van der Waals surface area contributed by atoms with Crippen molar-refractivity contribution in [2.75, 3.05) is 38.0 Å². The fraction of sp³-hybridized carbons (Fsp3) is 0.611. The van der Waals surface area contributed by atoms with Gasteiger partial charge < -0.3 is 10.6 Å². The van der Waals surface area contributed by atoms with Crippen LogP contribution in [-0.2, 0) is 4.79 Å². The number of para-hydroxylation sites is 1. The minimum atomic E-state index is 0.109. The van der Waals surface area contributed by atoms with Gasteiger partial charge in [0.2, 0.25) is 5.91 Å². The Bertz CT molecular complexity index is 529. The van der Waals surface area contributed by atoms with E-state index in [0.717, 1.165) is 43.7 Å². The van der Waals surface area contributed by atoms with Crippen LogP contribution in [-0.4, -0.2) is 43.5 Å². The molecular weight excluding hydrogens is 274 g/mol. The Kier molecular flexibility index (Phi) is 4.79. The number of nitrogens with one attached hydrogen (secondary N) is 2. The van der Waals surface area contributed by atoms with E-state index in [4.69, 9.17) is 0 Å². The third-order valence-electron chi connectivity index (χ3n) is 5.01. The van der Waals surface area contributed by atoms with Crippen LogP contribution < -0.4 is 10.6 Å². The zero-order valence-electron chi connectivity index (χ0n) is 13.6. The average molecular weight is 301 g/mol. The topological polar surface area (TPSA) is 44.4 Å².